The first-order valence-electron chi connectivity index (χ1n) is 5.89. The van der Waals surface area contributed by atoms with Gasteiger partial charge in [0.05, 0.1) is 8.66 Å². The van der Waals surface area contributed by atoms with Crippen LogP contribution in [0.2, 0.25) is 0 Å². The summed E-state index contributed by atoms with van der Waals surface area (Å²) in [7, 11) is 4.16. The summed E-state index contributed by atoms with van der Waals surface area (Å²) in [6.45, 7) is 1.70. The molecular weight excluding hydrogens is 380 g/mol. The number of hydrogen-bond acceptors (Lipinski definition) is 3. The number of likely N-dealkylation sites (tertiary alicyclic amines) is 1. The topological polar surface area (TPSA) is 23.6 Å². The van der Waals surface area contributed by atoms with Crippen molar-refractivity contribution in [1.82, 2.24) is 9.80 Å². The lowest BCUT2D eigenvalue weighted by Crippen LogP contribution is -2.47. The number of piperidine rings is 1. The smallest absolute Gasteiger partial charge is 0.264 e. The number of halogens is 2. The maximum absolute atomic E-state index is 12.4. The highest BCUT2D eigenvalue weighted by atomic mass is 79.9. The summed E-state index contributed by atoms with van der Waals surface area (Å²) in [6.07, 6.45) is 2.26. The van der Waals surface area contributed by atoms with Crippen LogP contribution in [0.3, 0.4) is 0 Å². The summed E-state index contributed by atoms with van der Waals surface area (Å²) in [5, 5.41) is 0. The Balaban J connectivity index is 2.09. The Hall–Kier alpha value is 0.0900. The third-order valence-corrected chi connectivity index (χ3v) is 6.51. The van der Waals surface area contributed by atoms with E-state index in [9.17, 15) is 4.79 Å². The highest BCUT2D eigenvalue weighted by Crippen LogP contribution is 2.33. The molecule has 1 unspecified atom stereocenters. The molecule has 2 heterocycles. The van der Waals surface area contributed by atoms with Gasteiger partial charge in [-0.2, -0.15) is 0 Å². The van der Waals surface area contributed by atoms with Crippen LogP contribution >= 0.6 is 43.2 Å². The van der Waals surface area contributed by atoms with Crippen LogP contribution in [-0.2, 0) is 0 Å². The van der Waals surface area contributed by atoms with Crippen molar-refractivity contribution in [2.75, 3.05) is 27.2 Å². The quantitative estimate of drug-likeness (QED) is 0.765. The molecule has 18 heavy (non-hydrogen) atoms. The summed E-state index contributed by atoms with van der Waals surface area (Å²) < 4.78 is 1.93. The van der Waals surface area contributed by atoms with Crippen molar-refractivity contribution in [1.29, 1.82) is 0 Å². The fraction of sp³-hybridized carbons (Fsp3) is 0.583. The number of likely N-dealkylation sites (N-methyl/N-ethyl adjacent to an activating group) is 1. The maximum atomic E-state index is 12.4. The van der Waals surface area contributed by atoms with Crippen LogP contribution in [0, 0.1) is 0 Å². The fourth-order valence-corrected chi connectivity index (χ4v) is 4.17. The number of amides is 1. The lowest BCUT2D eigenvalue weighted by Gasteiger charge is -2.35. The second-order valence-corrected chi connectivity index (χ2v) is 7.97. The van der Waals surface area contributed by atoms with E-state index in [0.29, 0.717) is 6.04 Å². The minimum atomic E-state index is 0.151. The molecule has 1 aliphatic rings. The number of thiophene rings is 1. The van der Waals surface area contributed by atoms with Gasteiger partial charge < -0.3 is 9.80 Å². The average Bonchev–Trinajstić information content (AvgIpc) is 2.69. The zero-order valence-electron chi connectivity index (χ0n) is 10.4. The Morgan fingerprint density at radius 2 is 2.22 bits per heavy atom. The van der Waals surface area contributed by atoms with Gasteiger partial charge in [-0.25, -0.2) is 0 Å². The van der Waals surface area contributed by atoms with E-state index in [4.69, 9.17) is 0 Å². The summed E-state index contributed by atoms with van der Waals surface area (Å²) in [5.41, 5.74) is 0. The maximum Gasteiger partial charge on any atom is 0.264 e. The summed E-state index contributed by atoms with van der Waals surface area (Å²) in [5.74, 6) is 0.151. The van der Waals surface area contributed by atoms with Crippen molar-refractivity contribution < 1.29 is 4.79 Å². The van der Waals surface area contributed by atoms with Gasteiger partial charge in [0.25, 0.3) is 5.91 Å². The number of nitrogens with zero attached hydrogens (tertiary/aromatic N) is 2. The average molecular weight is 396 g/mol. The fourth-order valence-electron chi connectivity index (χ4n) is 2.17. The highest BCUT2D eigenvalue weighted by molar-refractivity contribution is 9.13. The lowest BCUT2D eigenvalue weighted by molar-refractivity contribution is 0.0640. The predicted octanol–water partition coefficient (Wildman–Crippen LogP) is 3.44. The summed E-state index contributed by atoms with van der Waals surface area (Å²) in [6, 6.07) is 2.38. The highest BCUT2D eigenvalue weighted by Gasteiger charge is 2.26. The van der Waals surface area contributed by atoms with E-state index in [1.807, 2.05) is 11.0 Å². The standard InChI is InChI=1S/C12H16Br2N2OS/c1-15(2)8-4-3-5-16(7-8)12(17)10-6-9(13)11(14)18-10/h6,8H,3-5,7H2,1-2H3. The number of carbonyl (C=O) groups is 1. The Morgan fingerprint density at radius 1 is 1.50 bits per heavy atom. The zero-order valence-corrected chi connectivity index (χ0v) is 14.4. The van der Waals surface area contributed by atoms with Crippen LogP contribution < -0.4 is 0 Å². The van der Waals surface area contributed by atoms with E-state index in [2.05, 4.69) is 50.9 Å². The van der Waals surface area contributed by atoms with Gasteiger partial charge in [0.2, 0.25) is 0 Å². The van der Waals surface area contributed by atoms with Gasteiger partial charge >= 0.3 is 0 Å². The van der Waals surface area contributed by atoms with Gasteiger partial charge in [-0.15, -0.1) is 11.3 Å². The molecule has 0 aromatic carbocycles. The molecule has 1 fully saturated rings. The van der Waals surface area contributed by atoms with Crippen molar-refractivity contribution in [3.05, 3.63) is 19.2 Å². The van der Waals surface area contributed by atoms with E-state index < -0.39 is 0 Å². The van der Waals surface area contributed by atoms with Crippen LogP contribution in [0.4, 0.5) is 0 Å². The monoisotopic (exact) mass is 394 g/mol. The van der Waals surface area contributed by atoms with Crippen molar-refractivity contribution in [3.63, 3.8) is 0 Å². The third-order valence-electron chi connectivity index (χ3n) is 3.27. The SMILES string of the molecule is CN(C)C1CCCN(C(=O)c2cc(Br)c(Br)s2)C1. The van der Waals surface area contributed by atoms with Crippen LogP contribution in [0.15, 0.2) is 14.3 Å². The molecule has 0 aliphatic carbocycles. The molecule has 1 aliphatic heterocycles. The van der Waals surface area contributed by atoms with Gasteiger partial charge in [0.1, 0.15) is 0 Å². The largest absolute Gasteiger partial charge is 0.336 e. The number of hydrogen-bond donors (Lipinski definition) is 0. The van der Waals surface area contributed by atoms with Crippen molar-refractivity contribution >= 4 is 49.1 Å². The van der Waals surface area contributed by atoms with Gasteiger partial charge in [0.15, 0.2) is 0 Å². The molecule has 6 heteroatoms. The molecule has 0 spiro atoms. The molecule has 0 bridgehead atoms. The molecule has 2 rings (SSSR count). The van der Waals surface area contributed by atoms with Crippen LogP contribution in [-0.4, -0.2) is 48.9 Å². The second-order valence-electron chi connectivity index (χ2n) is 4.74. The van der Waals surface area contributed by atoms with Crippen molar-refractivity contribution in [3.8, 4) is 0 Å². The van der Waals surface area contributed by atoms with E-state index in [1.54, 1.807) is 0 Å². The molecule has 1 aromatic rings. The Kier molecular flexibility index (Phi) is 4.86. The van der Waals surface area contributed by atoms with Gasteiger partial charge in [0, 0.05) is 23.6 Å². The third kappa shape index (κ3) is 3.15. The molecule has 1 amide bonds. The molecular formula is C12H16Br2N2OS. The lowest BCUT2D eigenvalue weighted by atomic mass is 10.0. The number of carbonyl (C=O) groups excluding carboxylic acids is 1. The summed E-state index contributed by atoms with van der Waals surface area (Å²) >= 11 is 8.35. The first kappa shape index (κ1) is 14.5. The van der Waals surface area contributed by atoms with E-state index in [1.165, 1.54) is 17.8 Å². The molecule has 1 atom stereocenters. The first-order chi connectivity index (χ1) is 8.49. The van der Waals surface area contributed by atoms with Crippen molar-refractivity contribution in [2.45, 2.75) is 18.9 Å². The minimum absolute atomic E-state index is 0.151. The van der Waals surface area contributed by atoms with Crippen LogP contribution in [0.25, 0.3) is 0 Å². The molecule has 1 saturated heterocycles. The normalized spacial score (nSPS) is 20.5. The van der Waals surface area contributed by atoms with E-state index >= 15 is 0 Å². The predicted molar refractivity (Wildman–Crippen MR) is 82.3 cm³/mol. The molecule has 3 nitrogen and oxygen atoms in total. The second kappa shape index (κ2) is 6.03. The molecule has 1 aromatic heterocycles. The Labute approximate surface area is 128 Å². The van der Waals surface area contributed by atoms with E-state index in [0.717, 1.165) is 32.6 Å². The Morgan fingerprint density at radius 3 is 2.78 bits per heavy atom. The van der Waals surface area contributed by atoms with Gasteiger partial charge in [-0.1, -0.05) is 0 Å². The first-order valence-corrected chi connectivity index (χ1v) is 8.30. The zero-order chi connectivity index (χ0) is 13.3. The van der Waals surface area contributed by atoms with E-state index in [-0.39, 0.29) is 5.91 Å². The number of rotatable bonds is 2. The van der Waals surface area contributed by atoms with Crippen molar-refractivity contribution in [2.24, 2.45) is 0 Å². The summed E-state index contributed by atoms with van der Waals surface area (Å²) in [4.78, 5) is 17.4. The van der Waals surface area contributed by atoms with Crippen LogP contribution in [0.1, 0.15) is 22.5 Å². The Bertz CT molecular complexity index is 428. The van der Waals surface area contributed by atoms with Gasteiger partial charge in [-0.05, 0) is 64.9 Å². The minimum Gasteiger partial charge on any atom is -0.336 e. The van der Waals surface area contributed by atoms with Crippen LogP contribution in [0.5, 0.6) is 0 Å². The van der Waals surface area contributed by atoms with Gasteiger partial charge in [-0.3, -0.25) is 4.79 Å². The molecule has 0 radical (unpaired) electrons. The molecule has 100 valence electrons. The molecule has 0 saturated carbocycles. The molecule has 0 N–H and O–H groups in total.